The molecule has 4 N–H and O–H groups in total. The highest BCUT2D eigenvalue weighted by atomic mass is 15.0. The Kier molecular flexibility index (Phi) is 5.27. The van der Waals surface area contributed by atoms with E-state index in [1.165, 1.54) is 24.0 Å². The first-order valence-corrected chi connectivity index (χ1v) is 10.0. The van der Waals surface area contributed by atoms with Crippen LogP contribution in [-0.2, 0) is 6.42 Å². The number of rotatable bonds is 4. The van der Waals surface area contributed by atoms with Gasteiger partial charge in [0.15, 0.2) is 5.69 Å². The minimum Gasteiger partial charge on any atom is -0.379 e. The molecule has 1 fully saturated rings. The van der Waals surface area contributed by atoms with Crippen molar-refractivity contribution in [1.82, 2.24) is 9.97 Å². The molecule has 4 rings (SSSR count). The normalized spacial score (nSPS) is 21.2. The summed E-state index contributed by atoms with van der Waals surface area (Å²) in [4.78, 5) is 9.08. The topological polar surface area (TPSA) is 99.7 Å². The molecule has 28 heavy (non-hydrogen) atoms. The van der Waals surface area contributed by atoms with Crippen LogP contribution in [0.4, 0.5) is 17.2 Å². The van der Waals surface area contributed by atoms with Crippen LogP contribution in [0.25, 0.3) is 5.57 Å². The number of nitrogens with one attached hydrogen (secondary N) is 2. The second-order valence-corrected chi connectivity index (χ2v) is 7.67. The lowest BCUT2D eigenvalue weighted by Gasteiger charge is -2.30. The number of nitrogens with two attached hydrogens (primary N) is 1. The second kappa shape index (κ2) is 7.99. The number of fused-ring (bicyclic) bond motifs is 1. The minimum absolute atomic E-state index is 0.152. The van der Waals surface area contributed by atoms with Crippen LogP contribution in [0.2, 0.25) is 0 Å². The van der Waals surface area contributed by atoms with Gasteiger partial charge in [-0.15, -0.1) is 0 Å². The Hall–Kier alpha value is -2.91. The molecule has 2 atom stereocenters. The van der Waals surface area contributed by atoms with E-state index in [1.807, 2.05) is 12.1 Å². The molecular formula is C22H26N6. The number of aromatic nitrogens is 2. The first-order chi connectivity index (χ1) is 13.6. The van der Waals surface area contributed by atoms with Gasteiger partial charge in [0, 0.05) is 12.1 Å². The van der Waals surface area contributed by atoms with Gasteiger partial charge in [-0.25, -0.2) is 9.97 Å². The van der Waals surface area contributed by atoms with Gasteiger partial charge in [-0.2, -0.15) is 5.26 Å². The summed E-state index contributed by atoms with van der Waals surface area (Å²) in [5, 5.41) is 16.2. The lowest BCUT2D eigenvalue weighted by Crippen LogP contribution is -2.42. The predicted octanol–water partition coefficient (Wildman–Crippen LogP) is 4.12. The minimum atomic E-state index is 0.152. The average Bonchev–Trinajstić information content (AvgIpc) is 2.70. The molecular weight excluding hydrogens is 348 g/mol. The molecule has 2 heterocycles. The van der Waals surface area contributed by atoms with E-state index >= 15 is 0 Å². The fourth-order valence-corrected chi connectivity index (χ4v) is 4.07. The van der Waals surface area contributed by atoms with Crippen LogP contribution in [0.5, 0.6) is 0 Å². The highest BCUT2D eigenvalue weighted by molar-refractivity contribution is 5.71. The van der Waals surface area contributed by atoms with E-state index in [2.05, 4.69) is 40.8 Å². The van der Waals surface area contributed by atoms with E-state index in [9.17, 15) is 5.26 Å². The number of pyridine rings is 2. The van der Waals surface area contributed by atoms with E-state index in [4.69, 9.17) is 10.7 Å². The number of nitriles is 1. The van der Waals surface area contributed by atoms with Crippen molar-refractivity contribution in [3.63, 3.8) is 0 Å². The SMILES string of the molecule is CC1=CCCc2nc(Nc3cc(N[C@@H]4CCCC[C@@H]4N)cnc3C#N)ccc21. The van der Waals surface area contributed by atoms with Crippen LogP contribution in [-0.4, -0.2) is 22.1 Å². The number of nitrogens with zero attached hydrogens (tertiary/aromatic N) is 3. The van der Waals surface area contributed by atoms with Crippen molar-refractivity contribution in [2.75, 3.05) is 10.6 Å². The maximum Gasteiger partial charge on any atom is 0.164 e. The van der Waals surface area contributed by atoms with Crippen LogP contribution in [0.15, 0.2) is 30.5 Å². The summed E-state index contributed by atoms with van der Waals surface area (Å²) in [7, 11) is 0. The van der Waals surface area contributed by atoms with Gasteiger partial charge < -0.3 is 16.4 Å². The van der Waals surface area contributed by atoms with Crippen LogP contribution < -0.4 is 16.4 Å². The van der Waals surface area contributed by atoms with Gasteiger partial charge in [-0.05, 0) is 61.9 Å². The van der Waals surface area contributed by atoms with Crippen molar-refractivity contribution in [3.8, 4) is 6.07 Å². The van der Waals surface area contributed by atoms with Gasteiger partial charge in [0.2, 0.25) is 0 Å². The summed E-state index contributed by atoms with van der Waals surface area (Å²) in [6.07, 6.45) is 10.4. The molecule has 0 aromatic carbocycles. The summed E-state index contributed by atoms with van der Waals surface area (Å²) in [6, 6.07) is 8.54. The number of aryl methyl sites for hydroxylation is 1. The molecule has 2 aliphatic rings. The van der Waals surface area contributed by atoms with Crippen molar-refractivity contribution in [3.05, 3.63) is 47.4 Å². The molecule has 6 heteroatoms. The van der Waals surface area contributed by atoms with Gasteiger partial charge in [0.25, 0.3) is 0 Å². The lowest BCUT2D eigenvalue weighted by molar-refractivity contribution is 0.404. The third kappa shape index (κ3) is 3.85. The number of anilines is 3. The Balaban J connectivity index is 1.57. The number of allylic oxidation sites excluding steroid dienone is 2. The molecule has 2 aromatic rings. The van der Waals surface area contributed by atoms with Gasteiger partial charge in [0.05, 0.1) is 23.3 Å². The smallest absolute Gasteiger partial charge is 0.164 e. The van der Waals surface area contributed by atoms with Crippen LogP contribution in [0, 0.1) is 11.3 Å². The average molecular weight is 374 g/mol. The zero-order valence-electron chi connectivity index (χ0n) is 16.2. The maximum absolute atomic E-state index is 9.46. The molecule has 0 aliphatic heterocycles. The van der Waals surface area contributed by atoms with Crippen LogP contribution >= 0.6 is 0 Å². The second-order valence-electron chi connectivity index (χ2n) is 7.67. The van der Waals surface area contributed by atoms with E-state index in [0.29, 0.717) is 11.4 Å². The predicted molar refractivity (Wildman–Crippen MR) is 112 cm³/mol. The summed E-state index contributed by atoms with van der Waals surface area (Å²) >= 11 is 0. The first-order valence-electron chi connectivity index (χ1n) is 10.0. The molecule has 2 aliphatic carbocycles. The third-order valence-corrected chi connectivity index (χ3v) is 5.66. The third-order valence-electron chi connectivity index (χ3n) is 5.66. The summed E-state index contributed by atoms with van der Waals surface area (Å²) < 4.78 is 0. The summed E-state index contributed by atoms with van der Waals surface area (Å²) in [6.45, 7) is 2.12. The van der Waals surface area contributed by atoms with E-state index in [1.54, 1.807) is 6.20 Å². The monoisotopic (exact) mass is 374 g/mol. The Labute approximate surface area is 165 Å². The molecule has 0 bridgehead atoms. The molecule has 0 spiro atoms. The largest absolute Gasteiger partial charge is 0.379 e. The first kappa shape index (κ1) is 18.5. The fourth-order valence-electron chi connectivity index (χ4n) is 4.07. The summed E-state index contributed by atoms with van der Waals surface area (Å²) in [5.74, 6) is 0.735. The molecule has 2 aromatic heterocycles. The van der Waals surface area contributed by atoms with E-state index < -0.39 is 0 Å². The van der Waals surface area contributed by atoms with Gasteiger partial charge in [-0.3, -0.25) is 0 Å². The number of hydrogen-bond acceptors (Lipinski definition) is 6. The highest BCUT2D eigenvalue weighted by Crippen LogP contribution is 2.29. The quantitative estimate of drug-likeness (QED) is 0.744. The van der Waals surface area contributed by atoms with Crippen molar-refractivity contribution in [1.29, 1.82) is 5.26 Å². The Morgan fingerprint density at radius 2 is 2.11 bits per heavy atom. The molecule has 0 unspecified atom stereocenters. The lowest BCUT2D eigenvalue weighted by atomic mass is 9.91. The number of hydrogen-bond donors (Lipinski definition) is 3. The molecule has 0 radical (unpaired) electrons. The Morgan fingerprint density at radius 1 is 1.25 bits per heavy atom. The standard InChI is InChI=1S/C22H26N6/c1-14-5-4-8-18-16(14)9-10-22(27-18)28-20-11-15(13-25-21(20)12-23)26-19-7-3-2-6-17(19)24/h5,9-11,13,17,19,26H,2-4,6-8,24H2,1H3,(H,27,28)/t17-,19+/m0/s1. The van der Waals surface area contributed by atoms with Crippen LogP contribution in [0.3, 0.4) is 0 Å². The van der Waals surface area contributed by atoms with Crippen molar-refractivity contribution in [2.45, 2.75) is 57.5 Å². The van der Waals surface area contributed by atoms with Crippen molar-refractivity contribution in [2.24, 2.45) is 5.73 Å². The van der Waals surface area contributed by atoms with Gasteiger partial charge in [-0.1, -0.05) is 18.9 Å². The van der Waals surface area contributed by atoms with Gasteiger partial charge >= 0.3 is 0 Å². The van der Waals surface area contributed by atoms with Crippen LogP contribution in [0.1, 0.15) is 56.0 Å². The molecule has 1 saturated carbocycles. The fraction of sp³-hybridized carbons (Fsp3) is 0.409. The van der Waals surface area contributed by atoms with Crippen molar-refractivity contribution < 1.29 is 0 Å². The van der Waals surface area contributed by atoms with Gasteiger partial charge in [0.1, 0.15) is 11.9 Å². The zero-order chi connectivity index (χ0) is 19.5. The zero-order valence-corrected chi connectivity index (χ0v) is 16.2. The Bertz CT molecular complexity index is 943. The van der Waals surface area contributed by atoms with E-state index in [-0.39, 0.29) is 12.1 Å². The molecule has 0 amide bonds. The van der Waals surface area contributed by atoms with Crippen molar-refractivity contribution >= 4 is 22.8 Å². The maximum atomic E-state index is 9.46. The Morgan fingerprint density at radius 3 is 2.93 bits per heavy atom. The highest BCUT2D eigenvalue weighted by Gasteiger charge is 2.22. The van der Waals surface area contributed by atoms with E-state index in [0.717, 1.165) is 42.9 Å². The molecule has 144 valence electrons. The molecule has 6 nitrogen and oxygen atoms in total. The molecule has 0 saturated heterocycles. The summed E-state index contributed by atoms with van der Waals surface area (Å²) in [5.41, 5.74) is 11.7.